The van der Waals surface area contributed by atoms with Gasteiger partial charge in [0.15, 0.2) is 0 Å². The van der Waals surface area contributed by atoms with Crippen molar-refractivity contribution in [3.63, 3.8) is 0 Å². The van der Waals surface area contributed by atoms with E-state index in [1.165, 1.54) is 36.4 Å². The van der Waals surface area contributed by atoms with E-state index >= 15 is 0 Å². The van der Waals surface area contributed by atoms with E-state index in [2.05, 4.69) is 15.6 Å². The second-order valence-corrected chi connectivity index (χ2v) is 10.4. The summed E-state index contributed by atoms with van der Waals surface area (Å²) in [6.07, 6.45) is 0. The van der Waals surface area contributed by atoms with Crippen LogP contribution in [0.4, 0.5) is 16.2 Å². The monoisotopic (exact) mass is 505 g/mol. The lowest BCUT2D eigenvalue weighted by atomic mass is 10.2. The molecule has 4 N–H and O–H groups in total. The number of carbonyl (C=O) groups is 1. The Labute approximate surface area is 195 Å². The fraction of sp³-hybridized carbons (Fsp3) is 0.0500. The fourth-order valence-corrected chi connectivity index (χ4v) is 5.46. The molecule has 4 rings (SSSR count). The smallest absolute Gasteiger partial charge is 0.333 e. The topological polar surface area (TPSA) is 142 Å². The number of nitrogens with zero attached hydrogens (tertiary/aromatic N) is 1. The number of thiophene rings is 1. The zero-order valence-corrected chi connectivity index (χ0v) is 19.3. The van der Waals surface area contributed by atoms with E-state index in [1.54, 1.807) is 25.2 Å². The molecule has 0 aliphatic rings. The highest BCUT2D eigenvalue weighted by Gasteiger charge is 2.20. The van der Waals surface area contributed by atoms with Crippen molar-refractivity contribution in [3.8, 4) is 5.69 Å². The van der Waals surface area contributed by atoms with Gasteiger partial charge in [0, 0.05) is 18.4 Å². The minimum absolute atomic E-state index is 0.102. The van der Waals surface area contributed by atoms with E-state index in [4.69, 9.17) is 11.6 Å². The summed E-state index contributed by atoms with van der Waals surface area (Å²) in [5.74, 6) is 0. The average Bonchev–Trinajstić information content (AvgIpc) is 3.21. The van der Waals surface area contributed by atoms with Crippen LogP contribution in [-0.4, -0.2) is 31.0 Å². The maximum absolute atomic E-state index is 12.9. The van der Waals surface area contributed by atoms with Gasteiger partial charge < -0.3 is 15.6 Å². The van der Waals surface area contributed by atoms with Crippen LogP contribution in [0.25, 0.3) is 16.6 Å². The molecule has 0 saturated carbocycles. The number of amides is 2. The molecule has 2 heterocycles. The van der Waals surface area contributed by atoms with E-state index in [1.807, 2.05) is 4.72 Å². The molecule has 4 aromatic rings. The van der Waals surface area contributed by atoms with Gasteiger partial charge in [-0.15, -0.1) is 11.3 Å². The van der Waals surface area contributed by atoms with Gasteiger partial charge in [0.1, 0.15) is 4.21 Å². The number of fused-ring (bicyclic) bond motifs is 1. The molecule has 0 aliphatic carbocycles. The molecular formula is C20H16ClN5O5S2. The van der Waals surface area contributed by atoms with E-state index < -0.39 is 27.3 Å². The average molecular weight is 506 g/mol. The van der Waals surface area contributed by atoms with E-state index in [-0.39, 0.29) is 19.9 Å². The number of benzene rings is 2. The Bertz CT molecular complexity index is 1590. The van der Waals surface area contributed by atoms with E-state index in [0.29, 0.717) is 10.9 Å². The Morgan fingerprint density at radius 3 is 2.36 bits per heavy atom. The Kier molecular flexibility index (Phi) is 5.97. The molecule has 0 spiro atoms. The number of nitrogens with one attached hydrogen (secondary N) is 4. The summed E-state index contributed by atoms with van der Waals surface area (Å²) in [6.45, 7) is 0. The summed E-state index contributed by atoms with van der Waals surface area (Å²) in [5.41, 5.74) is 0.534. The SMILES string of the molecule is CNc1ccc2c(=O)n(-c3ccc(NC(=O)NS(=O)(=O)c4ccc(Cl)s4)cc3)c(=O)[nH]c2c1. The van der Waals surface area contributed by atoms with Gasteiger partial charge in [-0.05, 0) is 54.6 Å². The van der Waals surface area contributed by atoms with Crippen molar-refractivity contribution in [2.45, 2.75) is 4.21 Å². The van der Waals surface area contributed by atoms with Crippen molar-refractivity contribution < 1.29 is 13.2 Å². The van der Waals surface area contributed by atoms with Crippen LogP contribution in [0.1, 0.15) is 0 Å². The molecule has 0 aliphatic heterocycles. The summed E-state index contributed by atoms with van der Waals surface area (Å²) in [7, 11) is -2.34. The number of urea groups is 1. The van der Waals surface area contributed by atoms with Crippen molar-refractivity contribution in [1.29, 1.82) is 0 Å². The van der Waals surface area contributed by atoms with E-state index in [9.17, 15) is 22.8 Å². The standard InChI is InChI=1S/C20H16ClN5O5S2/c1-22-12-4-7-14-15(10-12)24-20(29)26(18(14)27)13-5-2-11(3-6-13)23-19(28)25-33(30,31)17-9-8-16(21)32-17/h2-10,22H,1H3,(H,24,29)(H2,23,25,28). The van der Waals surface area contributed by atoms with Gasteiger partial charge in [0.25, 0.3) is 15.6 Å². The van der Waals surface area contributed by atoms with Gasteiger partial charge in [-0.3, -0.25) is 4.79 Å². The lowest BCUT2D eigenvalue weighted by Crippen LogP contribution is -2.34. The van der Waals surface area contributed by atoms with Crippen LogP contribution in [0.2, 0.25) is 4.34 Å². The minimum atomic E-state index is -4.07. The molecule has 0 unspecified atom stereocenters. The number of aromatic amines is 1. The Hall–Kier alpha value is -3.61. The van der Waals surface area contributed by atoms with Crippen LogP contribution in [0, 0.1) is 0 Å². The molecule has 0 fully saturated rings. The Balaban J connectivity index is 1.56. The number of sulfonamides is 1. The van der Waals surface area contributed by atoms with Crippen LogP contribution in [0.15, 0.2) is 68.4 Å². The van der Waals surface area contributed by atoms with Crippen molar-refractivity contribution in [2.24, 2.45) is 0 Å². The van der Waals surface area contributed by atoms with Gasteiger partial charge in [-0.25, -0.2) is 27.3 Å². The summed E-state index contributed by atoms with van der Waals surface area (Å²) >= 11 is 6.55. The van der Waals surface area contributed by atoms with Crippen LogP contribution < -0.4 is 26.6 Å². The zero-order valence-electron chi connectivity index (χ0n) is 16.9. The quantitative estimate of drug-likeness (QED) is 0.328. The molecule has 2 amide bonds. The highest BCUT2D eigenvalue weighted by molar-refractivity contribution is 7.92. The number of H-pyrrole nitrogens is 1. The lowest BCUT2D eigenvalue weighted by molar-refractivity contribution is 0.256. The van der Waals surface area contributed by atoms with Gasteiger partial charge in [-0.1, -0.05) is 11.6 Å². The first-order chi connectivity index (χ1) is 15.7. The maximum atomic E-state index is 12.9. The van der Waals surface area contributed by atoms with Crippen molar-refractivity contribution >= 4 is 61.3 Å². The molecule has 10 nitrogen and oxygen atoms in total. The third-order valence-corrected chi connectivity index (χ3v) is 7.66. The number of carbonyl (C=O) groups excluding carboxylic acids is 1. The number of halogens is 1. The van der Waals surface area contributed by atoms with Crippen molar-refractivity contribution in [3.05, 3.63) is 79.8 Å². The molecule has 0 bridgehead atoms. The molecule has 0 atom stereocenters. The summed E-state index contributed by atoms with van der Waals surface area (Å²) in [5, 5.41) is 5.65. The predicted octanol–water partition coefficient (Wildman–Crippen LogP) is 2.95. The largest absolute Gasteiger partial charge is 0.388 e. The Morgan fingerprint density at radius 1 is 1.03 bits per heavy atom. The Morgan fingerprint density at radius 2 is 1.73 bits per heavy atom. The predicted molar refractivity (Wildman–Crippen MR) is 128 cm³/mol. The third kappa shape index (κ3) is 4.62. The molecule has 33 heavy (non-hydrogen) atoms. The number of hydrogen-bond donors (Lipinski definition) is 4. The second kappa shape index (κ2) is 8.73. The summed E-state index contributed by atoms with van der Waals surface area (Å²) in [6, 6.07) is 12.5. The van der Waals surface area contributed by atoms with E-state index in [0.717, 1.165) is 21.6 Å². The van der Waals surface area contributed by atoms with Crippen LogP contribution in [0.3, 0.4) is 0 Å². The van der Waals surface area contributed by atoms with Gasteiger partial charge in [0.2, 0.25) is 0 Å². The van der Waals surface area contributed by atoms with Gasteiger partial charge in [-0.2, -0.15) is 0 Å². The molecule has 0 saturated heterocycles. The number of hydrogen-bond acceptors (Lipinski definition) is 7. The van der Waals surface area contributed by atoms with Gasteiger partial charge >= 0.3 is 11.7 Å². The summed E-state index contributed by atoms with van der Waals surface area (Å²) < 4.78 is 27.4. The first-order valence-corrected chi connectivity index (χ1v) is 12.0. The highest BCUT2D eigenvalue weighted by atomic mass is 35.5. The normalized spacial score (nSPS) is 11.3. The fourth-order valence-electron chi connectivity index (χ4n) is 3.07. The first kappa shape index (κ1) is 22.6. The molecule has 0 radical (unpaired) electrons. The first-order valence-electron chi connectivity index (χ1n) is 9.34. The minimum Gasteiger partial charge on any atom is -0.388 e. The highest BCUT2D eigenvalue weighted by Crippen LogP contribution is 2.25. The number of aromatic nitrogens is 2. The molecule has 13 heteroatoms. The van der Waals surface area contributed by atoms with Crippen molar-refractivity contribution in [2.75, 3.05) is 17.7 Å². The molecule has 2 aromatic heterocycles. The maximum Gasteiger partial charge on any atom is 0.333 e. The van der Waals surface area contributed by atoms with Gasteiger partial charge in [0.05, 0.1) is 20.9 Å². The van der Waals surface area contributed by atoms with Crippen LogP contribution in [-0.2, 0) is 10.0 Å². The summed E-state index contributed by atoms with van der Waals surface area (Å²) in [4.78, 5) is 40.2. The zero-order chi connectivity index (χ0) is 23.8. The van der Waals surface area contributed by atoms with Crippen LogP contribution >= 0.6 is 22.9 Å². The number of rotatable bonds is 5. The second-order valence-electron chi connectivity index (χ2n) is 6.75. The number of anilines is 2. The molecular weight excluding hydrogens is 490 g/mol. The van der Waals surface area contributed by atoms with Crippen LogP contribution in [0.5, 0.6) is 0 Å². The lowest BCUT2D eigenvalue weighted by Gasteiger charge is -2.10. The molecule has 2 aromatic carbocycles. The van der Waals surface area contributed by atoms with Crippen molar-refractivity contribution in [1.82, 2.24) is 14.3 Å². The third-order valence-electron chi connectivity index (χ3n) is 4.61. The molecule has 170 valence electrons.